The van der Waals surface area contributed by atoms with Crippen LogP contribution in [0.4, 0.5) is 0 Å². The number of carbonyl (C=O) groups is 1. The number of aromatic hydroxyl groups is 1. The van der Waals surface area contributed by atoms with Gasteiger partial charge in [0.1, 0.15) is 5.75 Å². The van der Waals surface area contributed by atoms with E-state index in [0.717, 1.165) is 0 Å². The molecule has 0 aromatic heterocycles. The van der Waals surface area contributed by atoms with Gasteiger partial charge in [-0.05, 0) is 54.9 Å². The number of hydrogen-bond acceptors (Lipinski definition) is 2. The Kier molecular flexibility index (Phi) is 4.44. The average molecular weight is 321 g/mol. The van der Waals surface area contributed by atoms with Gasteiger partial charge in [-0.2, -0.15) is 0 Å². The number of hydrogen-bond donors (Lipinski definition) is 2. The molecule has 0 saturated heterocycles. The van der Waals surface area contributed by atoms with Crippen LogP contribution in [0, 0.1) is 0 Å². The molecule has 0 bridgehead atoms. The molecule has 0 saturated carbocycles. The smallest absolute Gasteiger partial charge is 0.251 e. The number of phenolic OH excluding ortho intramolecular Hbond substituents is 1. The molecule has 0 aliphatic rings. The van der Waals surface area contributed by atoms with E-state index in [1.165, 1.54) is 6.07 Å². The monoisotopic (exact) mass is 319 g/mol. The van der Waals surface area contributed by atoms with Crippen LogP contribution in [0.3, 0.4) is 0 Å². The zero-order valence-electron chi connectivity index (χ0n) is 9.92. The van der Waals surface area contributed by atoms with Gasteiger partial charge in [0.2, 0.25) is 0 Å². The molecule has 2 N–H and O–H groups in total. The van der Waals surface area contributed by atoms with Crippen molar-refractivity contribution in [1.82, 2.24) is 5.32 Å². The van der Waals surface area contributed by atoms with Gasteiger partial charge in [0.05, 0.1) is 15.4 Å². The van der Waals surface area contributed by atoms with Crippen LogP contribution in [0.5, 0.6) is 5.75 Å². The Morgan fingerprint density at radius 2 is 2.12 bits per heavy atom. The van der Waals surface area contributed by atoms with E-state index in [1.54, 1.807) is 12.1 Å². The molecule has 0 heterocycles. The second-order valence-corrected chi connectivity index (χ2v) is 5.97. The number of rotatable bonds is 3. The molecule has 0 spiro atoms. The van der Waals surface area contributed by atoms with E-state index < -0.39 is 5.54 Å². The van der Waals surface area contributed by atoms with Crippen molar-refractivity contribution in [3.63, 3.8) is 0 Å². The van der Waals surface area contributed by atoms with Gasteiger partial charge in [-0.1, -0.05) is 0 Å². The normalized spacial score (nSPS) is 13.2. The van der Waals surface area contributed by atoms with Crippen molar-refractivity contribution in [3.8, 4) is 5.75 Å². The highest BCUT2D eigenvalue weighted by molar-refractivity contribution is 9.10. The number of amides is 1. The first-order valence-corrected chi connectivity index (χ1v) is 6.42. The van der Waals surface area contributed by atoms with E-state index in [1.807, 2.05) is 20.8 Å². The van der Waals surface area contributed by atoms with E-state index in [4.69, 9.17) is 11.6 Å². The number of nitrogens with one attached hydrogen (secondary N) is 1. The highest BCUT2D eigenvalue weighted by Gasteiger charge is 2.26. The van der Waals surface area contributed by atoms with Crippen molar-refractivity contribution < 1.29 is 9.90 Å². The second-order valence-electron chi connectivity index (χ2n) is 4.46. The van der Waals surface area contributed by atoms with E-state index in [9.17, 15) is 9.90 Å². The van der Waals surface area contributed by atoms with Crippen molar-refractivity contribution in [3.05, 3.63) is 28.2 Å². The Hall–Kier alpha value is -0.740. The Morgan fingerprint density at radius 1 is 1.53 bits per heavy atom. The molecule has 1 atom stereocenters. The summed E-state index contributed by atoms with van der Waals surface area (Å²) in [6.45, 7) is 5.52. The van der Waals surface area contributed by atoms with E-state index in [0.29, 0.717) is 10.0 Å². The van der Waals surface area contributed by atoms with Crippen molar-refractivity contribution in [2.75, 3.05) is 0 Å². The Labute approximate surface area is 114 Å². The molecule has 17 heavy (non-hydrogen) atoms. The zero-order valence-corrected chi connectivity index (χ0v) is 12.3. The van der Waals surface area contributed by atoms with Gasteiger partial charge in [0, 0.05) is 5.56 Å². The summed E-state index contributed by atoms with van der Waals surface area (Å²) in [5, 5.41) is 12.1. The average Bonchev–Trinajstić information content (AvgIpc) is 2.21. The van der Waals surface area contributed by atoms with Crippen molar-refractivity contribution in [2.24, 2.45) is 0 Å². The fourth-order valence-electron chi connectivity index (χ4n) is 1.12. The maximum Gasteiger partial charge on any atom is 0.251 e. The van der Waals surface area contributed by atoms with Crippen molar-refractivity contribution >= 4 is 33.4 Å². The molecule has 1 amide bonds. The topological polar surface area (TPSA) is 49.3 Å². The Morgan fingerprint density at radius 3 is 2.59 bits per heavy atom. The lowest BCUT2D eigenvalue weighted by atomic mass is 10.0. The third kappa shape index (κ3) is 3.61. The fourth-order valence-corrected chi connectivity index (χ4v) is 1.42. The van der Waals surface area contributed by atoms with Crippen LogP contribution in [0.2, 0.25) is 0 Å². The van der Waals surface area contributed by atoms with Crippen LogP contribution in [0.15, 0.2) is 22.7 Å². The standard InChI is InChI=1S/C12H15BrClNO2/c1-7(14)12(2,3)15-11(17)8-4-5-9(13)10(16)6-8/h4-7,16H,1-3H3,(H,15,17). The molecule has 3 nitrogen and oxygen atoms in total. The summed E-state index contributed by atoms with van der Waals surface area (Å²) in [5.41, 5.74) is -0.113. The molecule has 0 fully saturated rings. The summed E-state index contributed by atoms with van der Waals surface area (Å²) in [6.07, 6.45) is 0. The largest absolute Gasteiger partial charge is 0.507 e. The lowest BCUT2D eigenvalue weighted by Gasteiger charge is -2.29. The summed E-state index contributed by atoms with van der Waals surface area (Å²) in [4.78, 5) is 11.9. The van der Waals surface area contributed by atoms with Gasteiger partial charge < -0.3 is 10.4 Å². The second kappa shape index (κ2) is 5.27. The minimum Gasteiger partial charge on any atom is -0.507 e. The summed E-state index contributed by atoms with van der Waals surface area (Å²) in [6, 6.07) is 4.67. The van der Waals surface area contributed by atoms with E-state index in [2.05, 4.69) is 21.2 Å². The van der Waals surface area contributed by atoms with Crippen LogP contribution in [-0.4, -0.2) is 21.9 Å². The fraction of sp³-hybridized carbons (Fsp3) is 0.417. The molecule has 1 aromatic carbocycles. The van der Waals surface area contributed by atoms with Gasteiger partial charge >= 0.3 is 0 Å². The Bertz CT molecular complexity index is 433. The summed E-state index contributed by atoms with van der Waals surface area (Å²) in [5.74, 6) is -0.223. The number of halogens is 2. The molecular weight excluding hydrogens is 305 g/mol. The first-order chi connectivity index (χ1) is 7.74. The summed E-state index contributed by atoms with van der Waals surface area (Å²) < 4.78 is 0.555. The molecule has 1 aromatic rings. The van der Waals surface area contributed by atoms with Gasteiger partial charge in [0.15, 0.2) is 0 Å². The van der Waals surface area contributed by atoms with Crippen LogP contribution in [0.1, 0.15) is 31.1 Å². The highest BCUT2D eigenvalue weighted by atomic mass is 79.9. The minimum atomic E-state index is -0.513. The van der Waals surface area contributed by atoms with Crippen LogP contribution >= 0.6 is 27.5 Å². The maximum atomic E-state index is 11.9. The summed E-state index contributed by atoms with van der Waals surface area (Å²) >= 11 is 9.15. The molecule has 1 rings (SSSR count). The molecular formula is C12H15BrClNO2. The van der Waals surface area contributed by atoms with E-state index >= 15 is 0 Å². The van der Waals surface area contributed by atoms with Crippen LogP contribution in [0.25, 0.3) is 0 Å². The zero-order chi connectivity index (χ0) is 13.2. The molecule has 1 unspecified atom stereocenters. The molecule has 0 aliphatic carbocycles. The lowest BCUT2D eigenvalue weighted by Crippen LogP contribution is -2.49. The van der Waals surface area contributed by atoms with Gasteiger partial charge in [0.25, 0.3) is 5.91 Å². The number of carbonyl (C=O) groups excluding carboxylic acids is 1. The molecule has 5 heteroatoms. The van der Waals surface area contributed by atoms with Crippen LogP contribution in [-0.2, 0) is 0 Å². The first-order valence-electron chi connectivity index (χ1n) is 5.19. The Balaban J connectivity index is 2.87. The molecule has 94 valence electrons. The number of alkyl halides is 1. The number of benzene rings is 1. The van der Waals surface area contributed by atoms with Gasteiger partial charge in [-0.15, -0.1) is 11.6 Å². The molecule has 0 radical (unpaired) electrons. The first kappa shape index (κ1) is 14.3. The minimum absolute atomic E-state index is 0.0365. The van der Waals surface area contributed by atoms with Crippen molar-refractivity contribution in [1.29, 1.82) is 0 Å². The van der Waals surface area contributed by atoms with Gasteiger partial charge in [-0.3, -0.25) is 4.79 Å². The van der Waals surface area contributed by atoms with Gasteiger partial charge in [-0.25, -0.2) is 0 Å². The predicted octanol–water partition coefficient (Wildman–Crippen LogP) is 3.29. The quantitative estimate of drug-likeness (QED) is 0.840. The maximum absolute atomic E-state index is 11.9. The number of phenols is 1. The van der Waals surface area contributed by atoms with Crippen LogP contribution < -0.4 is 5.32 Å². The van der Waals surface area contributed by atoms with E-state index in [-0.39, 0.29) is 17.0 Å². The SMILES string of the molecule is CC(Cl)C(C)(C)NC(=O)c1ccc(Br)c(O)c1. The third-order valence-electron chi connectivity index (χ3n) is 2.64. The third-order valence-corrected chi connectivity index (χ3v) is 3.85. The molecule has 0 aliphatic heterocycles. The predicted molar refractivity (Wildman–Crippen MR) is 72.7 cm³/mol. The summed E-state index contributed by atoms with van der Waals surface area (Å²) in [7, 11) is 0. The lowest BCUT2D eigenvalue weighted by molar-refractivity contribution is 0.0912. The van der Waals surface area contributed by atoms with Crippen molar-refractivity contribution in [2.45, 2.75) is 31.7 Å². The highest BCUT2D eigenvalue weighted by Crippen LogP contribution is 2.24.